The van der Waals surface area contributed by atoms with Crippen LogP contribution < -0.4 is 5.32 Å². The molecule has 2 aromatic rings. The van der Waals surface area contributed by atoms with Gasteiger partial charge < -0.3 is 10.1 Å². The third kappa shape index (κ3) is 4.38. The van der Waals surface area contributed by atoms with Crippen LogP contribution in [0.15, 0.2) is 36.4 Å². The van der Waals surface area contributed by atoms with Gasteiger partial charge in [0.05, 0.1) is 33.5 Å². The first kappa shape index (κ1) is 17.6. The molecular formula is C16H12Cl3NO3. The molecule has 0 aliphatic carbocycles. The highest BCUT2D eigenvalue weighted by molar-refractivity contribution is 6.37. The number of halogens is 3. The first-order valence-electron chi connectivity index (χ1n) is 6.65. The molecule has 0 atom stereocenters. The van der Waals surface area contributed by atoms with Crippen molar-refractivity contribution in [3.63, 3.8) is 0 Å². The zero-order valence-electron chi connectivity index (χ0n) is 12.0. The van der Waals surface area contributed by atoms with Crippen LogP contribution in [0.1, 0.15) is 27.6 Å². The van der Waals surface area contributed by atoms with E-state index < -0.39 is 11.9 Å². The van der Waals surface area contributed by atoms with Crippen LogP contribution >= 0.6 is 34.8 Å². The van der Waals surface area contributed by atoms with Crippen LogP contribution in [0, 0.1) is 0 Å². The summed E-state index contributed by atoms with van der Waals surface area (Å²) < 4.78 is 4.89. The third-order valence-corrected chi connectivity index (χ3v) is 3.76. The lowest BCUT2D eigenvalue weighted by molar-refractivity contribution is 0.0526. The number of anilines is 1. The first-order chi connectivity index (χ1) is 10.9. The lowest BCUT2D eigenvalue weighted by atomic mass is 10.1. The van der Waals surface area contributed by atoms with Gasteiger partial charge in [0.15, 0.2) is 0 Å². The molecule has 0 radical (unpaired) electrons. The van der Waals surface area contributed by atoms with Gasteiger partial charge in [-0.05, 0) is 43.3 Å². The highest BCUT2D eigenvalue weighted by Gasteiger charge is 2.14. The molecule has 0 aromatic heterocycles. The van der Waals surface area contributed by atoms with Crippen molar-refractivity contribution >= 4 is 52.4 Å². The number of amides is 1. The fourth-order valence-electron chi connectivity index (χ4n) is 1.82. The van der Waals surface area contributed by atoms with E-state index in [2.05, 4.69) is 5.32 Å². The highest BCUT2D eigenvalue weighted by atomic mass is 35.5. The van der Waals surface area contributed by atoms with Crippen LogP contribution in [0.5, 0.6) is 0 Å². The van der Waals surface area contributed by atoms with Gasteiger partial charge in [-0.3, -0.25) is 4.79 Å². The summed E-state index contributed by atoms with van der Waals surface area (Å²) in [6.45, 7) is 1.98. The molecule has 0 heterocycles. The number of carbonyl (C=O) groups is 2. The van der Waals surface area contributed by atoms with E-state index in [0.717, 1.165) is 0 Å². The maximum atomic E-state index is 12.2. The molecule has 1 N–H and O–H groups in total. The Labute approximate surface area is 148 Å². The van der Waals surface area contributed by atoms with Gasteiger partial charge in [0, 0.05) is 5.02 Å². The molecule has 120 valence electrons. The van der Waals surface area contributed by atoms with E-state index in [4.69, 9.17) is 39.5 Å². The van der Waals surface area contributed by atoms with E-state index in [-0.39, 0.29) is 22.2 Å². The molecule has 2 rings (SSSR count). The van der Waals surface area contributed by atoms with Crippen LogP contribution in [0.3, 0.4) is 0 Å². The number of hydrogen-bond donors (Lipinski definition) is 1. The number of ether oxygens (including phenoxy) is 1. The maximum Gasteiger partial charge on any atom is 0.338 e. The predicted molar refractivity (Wildman–Crippen MR) is 91.8 cm³/mol. The minimum atomic E-state index is -0.479. The van der Waals surface area contributed by atoms with Gasteiger partial charge in [0.2, 0.25) is 0 Å². The summed E-state index contributed by atoms with van der Waals surface area (Å²) in [5, 5.41) is 3.52. The summed E-state index contributed by atoms with van der Waals surface area (Å²) in [5.74, 6) is -0.912. The van der Waals surface area contributed by atoms with Crippen LogP contribution in [-0.2, 0) is 4.74 Å². The second kappa shape index (κ2) is 7.68. The van der Waals surface area contributed by atoms with E-state index in [9.17, 15) is 9.59 Å². The molecule has 0 fully saturated rings. The van der Waals surface area contributed by atoms with Crippen LogP contribution in [-0.4, -0.2) is 18.5 Å². The van der Waals surface area contributed by atoms with Crippen molar-refractivity contribution in [1.29, 1.82) is 0 Å². The zero-order valence-corrected chi connectivity index (χ0v) is 14.3. The fraction of sp³-hybridized carbons (Fsp3) is 0.125. The van der Waals surface area contributed by atoms with Gasteiger partial charge in [-0.1, -0.05) is 34.8 Å². The van der Waals surface area contributed by atoms with Crippen molar-refractivity contribution in [1.82, 2.24) is 0 Å². The number of rotatable bonds is 4. The Hall–Kier alpha value is -1.75. The number of nitrogens with one attached hydrogen (secondary N) is 1. The second-order valence-electron chi connectivity index (χ2n) is 4.49. The summed E-state index contributed by atoms with van der Waals surface area (Å²) >= 11 is 17.9. The summed E-state index contributed by atoms with van der Waals surface area (Å²) in [7, 11) is 0. The van der Waals surface area contributed by atoms with Gasteiger partial charge in [-0.15, -0.1) is 0 Å². The Morgan fingerprint density at radius 1 is 1.04 bits per heavy atom. The molecule has 0 unspecified atom stereocenters. The Bertz CT molecular complexity index is 762. The molecular weight excluding hydrogens is 361 g/mol. The summed E-state index contributed by atoms with van der Waals surface area (Å²) in [5.41, 5.74) is 0.928. The van der Waals surface area contributed by atoms with E-state index >= 15 is 0 Å². The lowest BCUT2D eigenvalue weighted by Gasteiger charge is -2.10. The molecule has 4 nitrogen and oxygen atoms in total. The third-order valence-electron chi connectivity index (χ3n) is 2.90. The molecule has 2 aromatic carbocycles. The normalized spacial score (nSPS) is 10.3. The van der Waals surface area contributed by atoms with E-state index in [1.54, 1.807) is 13.0 Å². The summed E-state index contributed by atoms with van der Waals surface area (Å²) in [6.07, 6.45) is 0. The van der Waals surface area contributed by atoms with E-state index in [1.165, 1.54) is 30.3 Å². The van der Waals surface area contributed by atoms with Crippen LogP contribution in [0.25, 0.3) is 0 Å². The number of carbonyl (C=O) groups excluding carboxylic acids is 2. The van der Waals surface area contributed by atoms with Crippen molar-refractivity contribution in [2.75, 3.05) is 11.9 Å². The summed E-state index contributed by atoms with van der Waals surface area (Å²) in [6, 6.07) is 9.02. The van der Waals surface area contributed by atoms with Gasteiger partial charge >= 0.3 is 5.97 Å². The average Bonchev–Trinajstić information content (AvgIpc) is 2.49. The molecule has 0 aliphatic heterocycles. The molecule has 1 amide bonds. The minimum Gasteiger partial charge on any atom is -0.462 e. The van der Waals surface area contributed by atoms with Crippen molar-refractivity contribution in [2.24, 2.45) is 0 Å². The van der Waals surface area contributed by atoms with Gasteiger partial charge in [-0.25, -0.2) is 4.79 Å². The molecule has 0 bridgehead atoms. The van der Waals surface area contributed by atoms with Crippen molar-refractivity contribution in [3.05, 3.63) is 62.6 Å². The molecule has 23 heavy (non-hydrogen) atoms. The lowest BCUT2D eigenvalue weighted by Crippen LogP contribution is -2.13. The summed E-state index contributed by atoms with van der Waals surface area (Å²) in [4.78, 5) is 23.9. The number of benzene rings is 2. The van der Waals surface area contributed by atoms with E-state index in [0.29, 0.717) is 16.3 Å². The second-order valence-corrected chi connectivity index (χ2v) is 5.74. The van der Waals surface area contributed by atoms with Crippen molar-refractivity contribution in [3.8, 4) is 0 Å². The maximum absolute atomic E-state index is 12.2. The largest absolute Gasteiger partial charge is 0.462 e. The van der Waals surface area contributed by atoms with Gasteiger partial charge in [0.1, 0.15) is 0 Å². The molecule has 0 spiro atoms. The zero-order chi connectivity index (χ0) is 17.0. The Kier molecular flexibility index (Phi) is 5.88. The quantitative estimate of drug-likeness (QED) is 0.762. The number of hydrogen-bond acceptors (Lipinski definition) is 3. The Balaban J connectivity index is 2.20. The van der Waals surface area contributed by atoms with Crippen LogP contribution in [0.2, 0.25) is 15.1 Å². The van der Waals surface area contributed by atoms with Crippen molar-refractivity contribution in [2.45, 2.75) is 6.92 Å². The topological polar surface area (TPSA) is 55.4 Å². The van der Waals surface area contributed by atoms with Gasteiger partial charge in [0.25, 0.3) is 5.91 Å². The standard InChI is InChI=1S/C16H12Cl3NO3/c1-2-23-16(22)9-3-6-14(13(19)7-9)20-15(21)11-5-4-10(17)8-12(11)18/h3-8H,2H2,1H3,(H,20,21). The SMILES string of the molecule is CCOC(=O)c1ccc(NC(=O)c2ccc(Cl)cc2Cl)c(Cl)c1. The Morgan fingerprint density at radius 2 is 1.78 bits per heavy atom. The first-order valence-corrected chi connectivity index (χ1v) is 7.79. The number of esters is 1. The molecule has 0 saturated heterocycles. The monoisotopic (exact) mass is 371 g/mol. The molecule has 0 aliphatic rings. The fourth-order valence-corrected chi connectivity index (χ4v) is 2.54. The predicted octanol–water partition coefficient (Wildman–Crippen LogP) is 5.08. The van der Waals surface area contributed by atoms with Crippen LogP contribution in [0.4, 0.5) is 5.69 Å². The Morgan fingerprint density at radius 3 is 2.39 bits per heavy atom. The smallest absolute Gasteiger partial charge is 0.338 e. The molecule has 7 heteroatoms. The molecule has 0 saturated carbocycles. The highest BCUT2D eigenvalue weighted by Crippen LogP contribution is 2.26. The van der Waals surface area contributed by atoms with E-state index in [1.807, 2.05) is 0 Å². The van der Waals surface area contributed by atoms with Crippen molar-refractivity contribution < 1.29 is 14.3 Å². The average molecular weight is 373 g/mol. The van der Waals surface area contributed by atoms with Gasteiger partial charge in [-0.2, -0.15) is 0 Å². The minimum absolute atomic E-state index is 0.217.